The first kappa shape index (κ1) is 19.4. The van der Waals surface area contributed by atoms with Gasteiger partial charge in [0.2, 0.25) is 0 Å². The van der Waals surface area contributed by atoms with Gasteiger partial charge in [-0.15, -0.1) is 0 Å². The summed E-state index contributed by atoms with van der Waals surface area (Å²) in [6.07, 6.45) is 4.05. The van der Waals surface area contributed by atoms with Crippen LogP contribution in [0, 0.1) is 0 Å². The van der Waals surface area contributed by atoms with Crippen molar-refractivity contribution >= 4 is 22.9 Å². The standard InChI is InChI=1S/C20H23N3O3S/c1-3-16-7-4-15(13-22-16)10-11-26-17-8-5-14(6-9-17)12-20(2)18(24)23(21)19(25)27-20/h4-9,13H,3,10-12,21H2,1-2H3. The predicted octanol–water partition coefficient (Wildman–Crippen LogP) is 3.14. The molecular formula is C20H23N3O3S. The summed E-state index contributed by atoms with van der Waals surface area (Å²) in [6, 6.07) is 11.7. The van der Waals surface area contributed by atoms with E-state index in [0.29, 0.717) is 18.0 Å². The van der Waals surface area contributed by atoms with Gasteiger partial charge in [-0.05, 0) is 60.9 Å². The third-order valence-corrected chi connectivity index (χ3v) is 5.69. The van der Waals surface area contributed by atoms with E-state index in [2.05, 4.69) is 18.0 Å². The number of aryl methyl sites for hydroxylation is 1. The molecule has 7 heteroatoms. The number of amides is 2. The van der Waals surface area contributed by atoms with E-state index in [0.717, 1.165) is 47.2 Å². The normalized spacial score (nSPS) is 19.6. The van der Waals surface area contributed by atoms with Gasteiger partial charge in [-0.1, -0.05) is 25.1 Å². The van der Waals surface area contributed by atoms with Crippen molar-refractivity contribution in [2.45, 2.75) is 37.9 Å². The summed E-state index contributed by atoms with van der Waals surface area (Å²) in [5.74, 6) is 5.89. The SMILES string of the molecule is CCc1ccc(CCOc2ccc(CC3(C)SC(=O)N(N)C3=O)cc2)cn1. The lowest BCUT2D eigenvalue weighted by Crippen LogP contribution is -2.42. The van der Waals surface area contributed by atoms with Gasteiger partial charge in [0.1, 0.15) is 10.5 Å². The van der Waals surface area contributed by atoms with Crippen LogP contribution in [-0.4, -0.2) is 32.5 Å². The highest BCUT2D eigenvalue weighted by Crippen LogP contribution is 2.38. The summed E-state index contributed by atoms with van der Waals surface area (Å²) in [5, 5.41) is 0.285. The number of aromatic nitrogens is 1. The number of hydrogen-bond donors (Lipinski definition) is 1. The van der Waals surface area contributed by atoms with Crippen LogP contribution in [0.25, 0.3) is 0 Å². The molecule has 2 aromatic rings. The first-order valence-corrected chi connectivity index (χ1v) is 9.71. The van der Waals surface area contributed by atoms with E-state index in [4.69, 9.17) is 10.6 Å². The van der Waals surface area contributed by atoms with Gasteiger partial charge >= 0.3 is 5.24 Å². The highest BCUT2D eigenvalue weighted by atomic mass is 32.2. The monoisotopic (exact) mass is 385 g/mol. The second kappa shape index (κ2) is 8.10. The van der Waals surface area contributed by atoms with Crippen molar-refractivity contribution in [3.8, 4) is 5.75 Å². The highest BCUT2D eigenvalue weighted by molar-refractivity contribution is 8.16. The van der Waals surface area contributed by atoms with E-state index < -0.39 is 9.99 Å². The molecule has 1 atom stereocenters. The van der Waals surface area contributed by atoms with E-state index in [1.807, 2.05) is 36.5 Å². The van der Waals surface area contributed by atoms with Crippen LogP contribution in [0.4, 0.5) is 4.79 Å². The number of hydrazine groups is 1. The number of carbonyl (C=O) groups is 2. The van der Waals surface area contributed by atoms with Gasteiger partial charge in [0, 0.05) is 18.3 Å². The molecule has 0 spiro atoms. The predicted molar refractivity (Wildman–Crippen MR) is 105 cm³/mol. The fraction of sp³-hybridized carbons (Fsp3) is 0.350. The molecule has 0 aliphatic carbocycles. The van der Waals surface area contributed by atoms with Crippen molar-refractivity contribution in [2.24, 2.45) is 5.84 Å². The number of pyridine rings is 1. The molecule has 1 aliphatic heterocycles. The number of ether oxygens (including phenoxy) is 1. The number of carbonyl (C=O) groups excluding carboxylic acids is 2. The van der Waals surface area contributed by atoms with Crippen LogP contribution in [-0.2, 0) is 24.1 Å². The van der Waals surface area contributed by atoms with Gasteiger partial charge in [0.25, 0.3) is 5.91 Å². The third kappa shape index (κ3) is 4.48. The van der Waals surface area contributed by atoms with Crippen LogP contribution < -0.4 is 10.6 Å². The summed E-state index contributed by atoms with van der Waals surface area (Å²) in [5.41, 5.74) is 3.18. The van der Waals surface area contributed by atoms with Crippen molar-refractivity contribution in [1.82, 2.24) is 9.99 Å². The molecule has 0 radical (unpaired) electrons. The average Bonchev–Trinajstić information content (AvgIpc) is 2.86. The Labute approximate surface area is 163 Å². The minimum Gasteiger partial charge on any atom is -0.493 e. The zero-order valence-electron chi connectivity index (χ0n) is 15.5. The maximum Gasteiger partial charge on any atom is 0.303 e. The van der Waals surface area contributed by atoms with Crippen molar-refractivity contribution in [2.75, 3.05) is 6.61 Å². The summed E-state index contributed by atoms with van der Waals surface area (Å²) < 4.78 is 4.93. The number of nitrogens with zero attached hydrogens (tertiary/aromatic N) is 2. The fourth-order valence-corrected chi connectivity index (χ4v) is 3.92. The average molecular weight is 385 g/mol. The van der Waals surface area contributed by atoms with Crippen LogP contribution in [0.3, 0.4) is 0 Å². The molecule has 1 saturated heterocycles. The van der Waals surface area contributed by atoms with E-state index in [-0.39, 0.29) is 5.91 Å². The lowest BCUT2D eigenvalue weighted by molar-refractivity contribution is -0.129. The highest BCUT2D eigenvalue weighted by Gasteiger charge is 2.48. The second-order valence-electron chi connectivity index (χ2n) is 6.70. The molecule has 2 N–H and O–H groups in total. The lowest BCUT2D eigenvalue weighted by Gasteiger charge is -2.19. The molecule has 2 heterocycles. The van der Waals surface area contributed by atoms with E-state index in [1.165, 1.54) is 0 Å². The van der Waals surface area contributed by atoms with Crippen LogP contribution in [0.5, 0.6) is 5.75 Å². The number of thioether (sulfide) groups is 1. The van der Waals surface area contributed by atoms with E-state index in [1.54, 1.807) is 6.92 Å². The molecule has 6 nitrogen and oxygen atoms in total. The van der Waals surface area contributed by atoms with Gasteiger partial charge in [-0.3, -0.25) is 14.6 Å². The molecule has 2 amide bonds. The first-order chi connectivity index (χ1) is 12.9. The molecule has 1 aliphatic rings. The van der Waals surface area contributed by atoms with Crippen molar-refractivity contribution in [3.63, 3.8) is 0 Å². The molecule has 1 unspecified atom stereocenters. The van der Waals surface area contributed by atoms with Crippen molar-refractivity contribution in [3.05, 3.63) is 59.4 Å². The van der Waals surface area contributed by atoms with Gasteiger partial charge in [-0.2, -0.15) is 0 Å². The molecule has 1 fully saturated rings. The molecule has 27 heavy (non-hydrogen) atoms. The van der Waals surface area contributed by atoms with Crippen molar-refractivity contribution < 1.29 is 14.3 Å². The number of nitrogens with two attached hydrogens (primary N) is 1. The zero-order valence-corrected chi connectivity index (χ0v) is 16.3. The summed E-state index contributed by atoms with van der Waals surface area (Å²) >= 11 is 0.972. The van der Waals surface area contributed by atoms with Crippen LogP contribution >= 0.6 is 11.8 Å². The number of imide groups is 1. The Morgan fingerprint density at radius 3 is 2.41 bits per heavy atom. The minimum atomic E-state index is -0.855. The molecule has 0 bridgehead atoms. The Kier molecular flexibility index (Phi) is 5.82. The fourth-order valence-electron chi connectivity index (χ4n) is 2.93. The number of hydrogen-bond acceptors (Lipinski definition) is 6. The number of benzene rings is 1. The maximum atomic E-state index is 12.2. The van der Waals surface area contributed by atoms with Gasteiger partial charge in [0.05, 0.1) is 6.61 Å². The largest absolute Gasteiger partial charge is 0.493 e. The molecular weight excluding hydrogens is 362 g/mol. The lowest BCUT2D eigenvalue weighted by atomic mass is 9.99. The molecule has 1 aromatic heterocycles. The molecule has 0 saturated carbocycles. The van der Waals surface area contributed by atoms with Gasteiger partial charge < -0.3 is 4.74 Å². The maximum absolute atomic E-state index is 12.2. The van der Waals surface area contributed by atoms with E-state index >= 15 is 0 Å². The van der Waals surface area contributed by atoms with Crippen LogP contribution in [0.2, 0.25) is 0 Å². The minimum absolute atomic E-state index is 0.361. The van der Waals surface area contributed by atoms with Crippen LogP contribution in [0.1, 0.15) is 30.7 Å². The topological polar surface area (TPSA) is 85.5 Å². The first-order valence-electron chi connectivity index (χ1n) is 8.89. The Morgan fingerprint density at radius 2 is 1.85 bits per heavy atom. The van der Waals surface area contributed by atoms with E-state index in [9.17, 15) is 9.59 Å². The van der Waals surface area contributed by atoms with Crippen molar-refractivity contribution in [1.29, 1.82) is 0 Å². The number of rotatable bonds is 7. The van der Waals surface area contributed by atoms with Gasteiger partial charge in [-0.25, -0.2) is 10.9 Å². The Morgan fingerprint density at radius 1 is 1.15 bits per heavy atom. The Bertz CT molecular complexity index is 823. The van der Waals surface area contributed by atoms with Gasteiger partial charge in [0.15, 0.2) is 0 Å². The molecule has 142 valence electrons. The summed E-state index contributed by atoms with van der Waals surface area (Å²) in [4.78, 5) is 28.2. The molecule has 3 rings (SSSR count). The van der Waals surface area contributed by atoms with Crippen LogP contribution in [0.15, 0.2) is 42.6 Å². The molecule has 1 aromatic carbocycles. The summed E-state index contributed by atoms with van der Waals surface area (Å²) in [7, 11) is 0. The second-order valence-corrected chi connectivity index (χ2v) is 8.16. The Hall–Kier alpha value is -2.38. The smallest absolute Gasteiger partial charge is 0.303 e. The quantitative estimate of drug-likeness (QED) is 0.582. The Balaban J connectivity index is 1.53. The third-order valence-electron chi connectivity index (χ3n) is 4.55. The summed E-state index contributed by atoms with van der Waals surface area (Å²) in [6.45, 7) is 4.39. The zero-order chi connectivity index (χ0) is 19.4.